The molecule has 0 radical (unpaired) electrons. The Kier molecular flexibility index (Phi) is 3.82. The number of rotatable bonds is 4. The van der Waals surface area contributed by atoms with Gasteiger partial charge in [-0.3, -0.25) is 0 Å². The average molecular weight is 295 g/mol. The van der Waals surface area contributed by atoms with E-state index in [0.717, 1.165) is 0 Å². The van der Waals surface area contributed by atoms with Gasteiger partial charge in [0, 0.05) is 5.69 Å². The number of aromatic nitrogens is 1. The number of nitrogen functional groups attached to an aromatic ring is 1. The first-order chi connectivity index (χ1) is 9.29. The number of hydrogen-bond acceptors (Lipinski definition) is 5. The van der Waals surface area contributed by atoms with E-state index in [4.69, 9.17) is 10.2 Å². The van der Waals surface area contributed by atoms with Gasteiger partial charge in [0.05, 0.1) is 17.1 Å². The molecule has 20 heavy (non-hydrogen) atoms. The Morgan fingerprint density at radius 3 is 2.65 bits per heavy atom. The van der Waals surface area contributed by atoms with Crippen LogP contribution in [0.3, 0.4) is 0 Å². The summed E-state index contributed by atoms with van der Waals surface area (Å²) in [6.45, 7) is 5.14. The van der Waals surface area contributed by atoms with Crippen LogP contribution in [0.5, 0.6) is 0 Å². The smallest absolute Gasteiger partial charge is 0.241 e. The summed E-state index contributed by atoms with van der Waals surface area (Å²) in [6.07, 6.45) is 1.55. The molecule has 0 aliphatic heterocycles. The molecule has 1 unspecified atom stereocenters. The van der Waals surface area contributed by atoms with Crippen LogP contribution in [0.4, 0.5) is 5.69 Å². The van der Waals surface area contributed by atoms with E-state index < -0.39 is 16.1 Å². The number of anilines is 1. The van der Waals surface area contributed by atoms with Crippen LogP contribution in [0, 0.1) is 13.8 Å². The highest BCUT2D eigenvalue weighted by molar-refractivity contribution is 7.89. The van der Waals surface area contributed by atoms with Crippen molar-refractivity contribution >= 4 is 15.7 Å². The molecule has 1 atom stereocenters. The zero-order chi connectivity index (χ0) is 14.9. The van der Waals surface area contributed by atoms with Crippen LogP contribution >= 0.6 is 0 Å². The average Bonchev–Trinajstić information content (AvgIpc) is 2.78. The van der Waals surface area contributed by atoms with Crippen LogP contribution in [0.25, 0.3) is 0 Å². The highest BCUT2D eigenvalue weighted by Gasteiger charge is 2.22. The number of nitrogens with two attached hydrogens (primary N) is 1. The molecule has 1 aromatic carbocycles. The van der Waals surface area contributed by atoms with Crippen molar-refractivity contribution in [1.82, 2.24) is 9.71 Å². The van der Waals surface area contributed by atoms with Crippen LogP contribution in [-0.4, -0.2) is 13.4 Å². The van der Waals surface area contributed by atoms with Gasteiger partial charge in [0.2, 0.25) is 15.9 Å². The lowest BCUT2D eigenvalue weighted by Gasteiger charge is -2.13. The maximum Gasteiger partial charge on any atom is 0.241 e. The molecule has 1 aromatic heterocycles. The summed E-state index contributed by atoms with van der Waals surface area (Å²) in [7, 11) is -3.68. The lowest BCUT2D eigenvalue weighted by atomic mass is 10.2. The Labute approximate surface area is 118 Å². The van der Waals surface area contributed by atoms with Crippen LogP contribution in [-0.2, 0) is 10.0 Å². The Hall–Kier alpha value is -1.86. The number of aryl methyl sites for hydroxylation is 2. The van der Waals surface area contributed by atoms with Gasteiger partial charge in [0.25, 0.3) is 0 Å². The van der Waals surface area contributed by atoms with Gasteiger partial charge in [-0.15, -0.1) is 0 Å². The molecular formula is C13H17N3O3S. The standard InChI is InChI=1S/C13H17N3O3S/c1-8-4-5-11(14)6-12(8)20(17,18)16-10(3)13-15-7-9(2)19-13/h4-7,10,16H,14H2,1-3H3. The van der Waals surface area contributed by atoms with Gasteiger partial charge in [0.1, 0.15) is 5.76 Å². The normalized spacial score (nSPS) is 13.3. The quantitative estimate of drug-likeness (QED) is 0.840. The minimum Gasteiger partial charge on any atom is -0.444 e. The fraction of sp³-hybridized carbons (Fsp3) is 0.308. The molecule has 0 saturated heterocycles. The third-order valence-electron chi connectivity index (χ3n) is 2.84. The minimum atomic E-state index is -3.68. The molecule has 7 heteroatoms. The second-order valence-corrected chi connectivity index (χ2v) is 6.36. The summed E-state index contributed by atoms with van der Waals surface area (Å²) in [6, 6.07) is 4.21. The fourth-order valence-corrected chi connectivity index (χ4v) is 3.30. The maximum atomic E-state index is 12.4. The van der Waals surface area contributed by atoms with Gasteiger partial charge >= 0.3 is 0 Å². The second-order valence-electron chi connectivity index (χ2n) is 4.68. The first-order valence-electron chi connectivity index (χ1n) is 6.10. The highest BCUT2D eigenvalue weighted by Crippen LogP contribution is 2.21. The first kappa shape index (κ1) is 14.5. The summed E-state index contributed by atoms with van der Waals surface area (Å²) in [5.41, 5.74) is 6.67. The minimum absolute atomic E-state index is 0.160. The molecule has 6 nitrogen and oxygen atoms in total. The Balaban J connectivity index is 2.29. The van der Waals surface area contributed by atoms with Crippen molar-refractivity contribution in [3.8, 4) is 0 Å². The lowest BCUT2D eigenvalue weighted by Crippen LogP contribution is -2.27. The molecule has 0 saturated carbocycles. The summed E-state index contributed by atoms with van der Waals surface area (Å²) >= 11 is 0. The molecule has 3 N–H and O–H groups in total. The molecule has 0 amide bonds. The zero-order valence-electron chi connectivity index (χ0n) is 11.5. The monoisotopic (exact) mass is 295 g/mol. The Morgan fingerprint density at radius 2 is 2.05 bits per heavy atom. The van der Waals surface area contributed by atoms with E-state index in [1.807, 2.05) is 0 Å². The number of hydrogen-bond donors (Lipinski definition) is 2. The van der Waals surface area contributed by atoms with E-state index in [9.17, 15) is 8.42 Å². The predicted octanol–water partition coefficient (Wildman–Crippen LogP) is 1.91. The van der Waals surface area contributed by atoms with Crippen molar-refractivity contribution < 1.29 is 12.8 Å². The molecular weight excluding hydrogens is 278 g/mol. The van der Waals surface area contributed by atoms with Crippen molar-refractivity contribution in [3.63, 3.8) is 0 Å². The van der Waals surface area contributed by atoms with Gasteiger partial charge in [-0.1, -0.05) is 6.07 Å². The van der Waals surface area contributed by atoms with E-state index in [2.05, 4.69) is 9.71 Å². The molecule has 0 bridgehead atoms. The molecule has 2 rings (SSSR count). The lowest BCUT2D eigenvalue weighted by molar-refractivity contribution is 0.427. The third-order valence-corrected chi connectivity index (χ3v) is 4.53. The van der Waals surface area contributed by atoms with Gasteiger partial charge in [-0.2, -0.15) is 4.72 Å². The van der Waals surface area contributed by atoms with E-state index >= 15 is 0 Å². The molecule has 0 aliphatic rings. The highest BCUT2D eigenvalue weighted by atomic mass is 32.2. The van der Waals surface area contributed by atoms with Crippen molar-refractivity contribution in [2.45, 2.75) is 31.7 Å². The molecule has 108 valence electrons. The molecule has 0 aliphatic carbocycles. The van der Waals surface area contributed by atoms with Crippen molar-refractivity contribution in [2.24, 2.45) is 0 Å². The first-order valence-corrected chi connectivity index (χ1v) is 7.58. The predicted molar refractivity (Wildman–Crippen MR) is 75.6 cm³/mol. The molecule has 0 spiro atoms. The van der Waals surface area contributed by atoms with E-state index in [1.165, 1.54) is 6.07 Å². The summed E-state index contributed by atoms with van der Waals surface area (Å²) in [5.74, 6) is 0.957. The number of sulfonamides is 1. The molecule has 0 fully saturated rings. The second kappa shape index (κ2) is 5.26. The van der Waals surface area contributed by atoms with Crippen molar-refractivity contribution in [1.29, 1.82) is 0 Å². The van der Waals surface area contributed by atoms with Gasteiger partial charge < -0.3 is 10.2 Å². The van der Waals surface area contributed by atoms with Gasteiger partial charge in [-0.05, 0) is 38.5 Å². The van der Waals surface area contributed by atoms with E-state index in [0.29, 0.717) is 22.9 Å². The fourth-order valence-electron chi connectivity index (χ4n) is 1.83. The molecule has 2 aromatic rings. The summed E-state index contributed by atoms with van der Waals surface area (Å²) < 4.78 is 32.6. The van der Waals surface area contributed by atoms with Crippen LogP contribution in [0.2, 0.25) is 0 Å². The van der Waals surface area contributed by atoms with E-state index in [-0.39, 0.29) is 4.90 Å². The number of oxazole rings is 1. The molecule has 1 heterocycles. The largest absolute Gasteiger partial charge is 0.444 e. The third kappa shape index (κ3) is 3.00. The number of nitrogens with zero attached hydrogens (tertiary/aromatic N) is 1. The van der Waals surface area contributed by atoms with Crippen molar-refractivity contribution in [3.05, 3.63) is 41.6 Å². The Bertz CT molecular complexity index is 722. The zero-order valence-corrected chi connectivity index (χ0v) is 12.4. The summed E-state index contributed by atoms with van der Waals surface area (Å²) in [5, 5.41) is 0. The summed E-state index contributed by atoms with van der Waals surface area (Å²) in [4.78, 5) is 4.18. The van der Waals surface area contributed by atoms with Crippen LogP contribution in [0.15, 0.2) is 33.7 Å². The number of benzene rings is 1. The van der Waals surface area contributed by atoms with Crippen LogP contribution < -0.4 is 10.5 Å². The van der Waals surface area contributed by atoms with E-state index in [1.54, 1.807) is 39.1 Å². The maximum absolute atomic E-state index is 12.4. The van der Waals surface area contributed by atoms with Gasteiger partial charge in [0.15, 0.2) is 0 Å². The van der Waals surface area contributed by atoms with Crippen molar-refractivity contribution in [2.75, 3.05) is 5.73 Å². The van der Waals surface area contributed by atoms with Crippen LogP contribution in [0.1, 0.15) is 30.2 Å². The number of nitrogens with one attached hydrogen (secondary N) is 1. The topological polar surface area (TPSA) is 98.2 Å². The SMILES string of the molecule is Cc1cnc(C(C)NS(=O)(=O)c2cc(N)ccc2C)o1. The van der Waals surface area contributed by atoms with Gasteiger partial charge in [-0.25, -0.2) is 13.4 Å². The Morgan fingerprint density at radius 1 is 1.35 bits per heavy atom.